The molecule has 24 heavy (non-hydrogen) atoms. The second-order valence-electron chi connectivity index (χ2n) is 5.86. The molecule has 0 saturated heterocycles. The van der Waals surface area contributed by atoms with Crippen LogP contribution in [-0.2, 0) is 13.1 Å². The Hall–Kier alpha value is -2.08. The fourth-order valence-corrected chi connectivity index (χ4v) is 3.35. The van der Waals surface area contributed by atoms with E-state index in [4.69, 9.17) is 11.6 Å². The lowest BCUT2D eigenvalue weighted by molar-refractivity contribution is 0.462. The van der Waals surface area contributed by atoms with Gasteiger partial charge < -0.3 is 4.57 Å². The Kier molecular flexibility index (Phi) is 4.76. The lowest BCUT2D eigenvalue weighted by Crippen LogP contribution is -2.28. The van der Waals surface area contributed by atoms with E-state index in [1.54, 1.807) is 23.2 Å². The molecule has 6 nitrogen and oxygen atoms in total. The third kappa shape index (κ3) is 2.75. The van der Waals surface area contributed by atoms with Gasteiger partial charge in [0.15, 0.2) is 5.65 Å². The fourth-order valence-electron chi connectivity index (χ4n) is 3.20. The van der Waals surface area contributed by atoms with E-state index >= 15 is 0 Å². The molecule has 3 heterocycles. The van der Waals surface area contributed by atoms with Crippen LogP contribution < -0.4 is 5.69 Å². The average Bonchev–Trinajstić information content (AvgIpc) is 3.14. The number of nitrogens with zero attached hydrogens (tertiary/aromatic N) is 5. The molecule has 3 aromatic heterocycles. The molecule has 0 saturated carbocycles. The standard InChI is InChI=1S/C17H22ClN5O/c1-4-12(5-2)23-14-7-8-15(18)20-16(14)22(17(23)24)10-13-9-19-11-21(13)6-3/h7-9,11-12H,4-6,10H2,1-3H3. The van der Waals surface area contributed by atoms with Crippen molar-refractivity contribution in [2.45, 2.75) is 52.7 Å². The average molecular weight is 348 g/mol. The number of pyridine rings is 1. The summed E-state index contributed by atoms with van der Waals surface area (Å²) in [6.07, 6.45) is 5.36. The minimum absolute atomic E-state index is 0.0441. The van der Waals surface area contributed by atoms with Gasteiger partial charge in [-0.3, -0.25) is 9.13 Å². The zero-order chi connectivity index (χ0) is 17.3. The lowest BCUT2D eigenvalue weighted by Gasteiger charge is -2.14. The molecule has 0 spiro atoms. The van der Waals surface area contributed by atoms with Crippen LogP contribution in [-0.4, -0.2) is 23.7 Å². The van der Waals surface area contributed by atoms with Crippen LogP contribution in [0.25, 0.3) is 11.2 Å². The second kappa shape index (κ2) is 6.81. The van der Waals surface area contributed by atoms with Gasteiger partial charge in [0.2, 0.25) is 0 Å². The summed E-state index contributed by atoms with van der Waals surface area (Å²) in [6.45, 7) is 7.49. The molecule has 0 N–H and O–H groups in total. The van der Waals surface area contributed by atoms with Crippen molar-refractivity contribution >= 4 is 22.8 Å². The summed E-state index contributed by atoms with van der Waals surface area (Å²) in [6, 6.07) is 3.78. The highest BCUT2D eigenvalue weighted by Gasteiger charge is 2.20. The van der Waals surface area contributed by atoms with E-state index in [1.165, 1.54) is 0 Å². The molecular weight excluding hydrogens is 326 g/mol. The van der Waals surface area contributed by atoms with Gasteiger partial charge in [0.05, 0.1) is 24.1 Å². The Labute approximate surface area is 145 Å². The maximum absolute atomic E-state index is 13.1. The van der Waals surface area contributed by atoms with Gasteiger partial charge in [-0.25, -0.2) is 14.8 Å². The van der Waals surface area contributed by atoms with Gasteiger partial charge >= 0.3 is 5.69 Å². The Morgan fingerprint density at radius 1 is 1.21 bits per heavy atom. The van der Waals surface area contributed by atoms with Crippen LogP contribution in [0.3, 0.4) is 0 Å². The van der Waals surface area contributed by atoms with Crippen LogP contribution in [0.2, 0.25) is 5.15 Å². The van der Waals surface area contributed by atoms with Crippen molar-refractivity contribution in [1.82, 2.24) is 23.7 Å². The van der Waals surface area contributed by atoms with Crippen LogP contribution >= 0.6 is 11.6 Å². The Morgan fingerprint density at radius 3 is 2.62 bits per heavy atom. The Balaban J connectivity index is 2.21. The van der Waals surface area contributed by atoms with E-state index in [0.717, 1.165) is 30.6 Å². The molecule has 0 aliphatic rings. The normalized spacial score (nSPS) is 11.7. The SMILES string of the molecule is CCC(CC)n1c(=O)n(Cc2cncn2CC)c2nc(Cl)ccc21. The number of hydrogen-bond donors (Lipinski definition) is 0. The van der Waals surface area contributed by atoms with Crippen LogP contribution in [0.4, 0.5) is 0 Å². The monoisotopic (exact) mass is 347 g/mol. The van der Waals surface area contributed by atoms with Gasteiger partial charge in [0.1, 0.15) is 5.15 Å². The highest BCUT2D eigenvalue weighted by molar-refractivity contribution is 6.29. The predicted octanol–water partition coefficient (Wildman–Crippen LogP) is 3.48. The summed E-state index contributed by atoms with van der Waals surface area (Å²) in [5.41, 5.74) is 2.39. The first-order valence-corrected chi connectivity index (χ1v) is 8.74. The molecule has 0 unspecified atom stereocenters. The zero-order valence-electron chi connectivity index (χ0n) is 14.2. The molecule has 0 aliphatic carbocycles. The van der Waals surface area contributed by atoms with Gasteiger partial charge in [-0.05, 0) is 31.9 Å². The largest absolute Gasteiger partial charge is 0.333 e. The smallest absolute Gasteiger partial charge is 0.330 e. The Bertz CT molecular complexity index is 903. The maximum Gasteiger partial charge on any atom is 0.330 e. The summed E-state index contributed by atoms with van der Waals surface area (Å²) in [4.78, 5) is 21.7. The van der Waals surface area contributed by atoms with E-state index in [-0.39, 0.29) is 11.7 Å². The van der Waals surface area contributed by atoms with Crippen LogP contribution in [0.15, 0.2) is 29.5 Å². The lowest BCUT2D eigenvalue weighted by atomic mass is 10.1. The van der Waals surface area contributed by atoms with E-state index < -0.39 is 0 Å². The van der Waals surface area contributed by atoms with Crippen molar-refractivity contribution in [2.75, 3.05) is 0 Å². The fraction of sp³-hybridized carbons (Fsp3) is 0.471. The molecule has 0 aromatic carbocycles. The first kappa shape index (κ1) is 16.8. The summed E-state index contributed by atoms with van der Waals surface area (Å²) < 4.78 is 5.57. The van der Waals surface area contributed by atoms with E-state index in [2.05, 4.69) is 30.7 Å². The molecule has 0 aliphatic heterocycles. The maximum atomic E-state index is 13.1. The van der Waals surface area contributed by atoms with E-state index in [1.807, 2.05) is 15.2 Å². The number of aryl methyl sites for hydroxylation is 1. The summed E-state index contributed by atoms with van der Waals surface area (Å²) in [5.74, 6) is 0. The van der Waals surface area contributed by atoms with E-state index in [0.29, 0.717) is 17.3 Å². The minimum Gasteiger partial charge on any atom is -0.333 e. The quantitative estimate of drug-likeness (QED) is 0.641. The summed E-state index contributed by atoms with van der Waals surface area (Å²) >= 11 is 6.09. The van der Waals surface area contributed by atoms with Crippen molar-refractivity contribution in [2.24, 2.45) is 0 Å². The number of fused-ring (bicyclic) bond motifs is 1. The van der Waals surface area contributed by atoms with Crippen LogP contribution in [0.5, 0.6) is 0 Å². The molecule has 128 valence electrons. The minimum atomic E-state index is -0.0441. The molecule has 0 amide bonds. The molecule has 3 aromatic rings. The van der Waals surface area contributed by atoms with Gasteiger partial charge in [-0.15, -0.1) is 0 Å². The highest BCUT2D eigenvalue weighted by atomic mass is 35.5. The van der Waals surface area contributed by atoms with Gasteiger partial charge in [0.25, 0.3) is 0 Å². The topological polar surface area (TPSA) is 57.6 Å². The summed E-state index contributed by atoms with van der Waals surface area (Å²) in [7, 11) is 0. The van der Waals surface area contributed by atoms with Gasteiger partial charge in [0, 0.05) is 18.8 Å². The third-order valence-corrected chi connectivity index (χ3v) is 4.75. The number of halogens is 1. The number of rotatable bonds is 6. The van der Waals surface area contributed by atoms with Crippen molar-refractivity contribution in [3.63, 3.8) is 0 Å². The molecule has 0 atom stereocenters. The number of aromatic nitrogens is 5. The molecule has 0 radical (unpaired) electrons. The van der Waals surface area contributed by atoms with Crippen molar-refractivity contribution < 1.29 is 0 Å². The van der Waals surface area contributed by atoms with Crippen LogP contribution in [0.1, 0.15) is 45.3 Å². The van der Waals surface area contributed by atoms with Crippen molar-refractivity contribution in [3.8, 4) is 0 Å². The van der Waals surface area contributed by atoms with Gasteiger partial charge in [-0.1, -0.05) is 25.4 Å². The summed E-state index contributed by atoms with van der Waals surface area (Å²) in [5, 5.41) is 0.391. The second-order valence-corrected chi connectivity index (χ2v) is 6.24. The third-order valence-electron chi connectivity index (χ3n) is 4.54. The first-order valence-electron chi connectivity index (χ1n) is 8.36. The number of imidazole rings is 2. The predicted molar refractivity (Wildman–Crippen MR) is 95.6 cm³/mol. The van der Waals surface area contributed by atoms with Gasteiger partial charge in [-0.2, -0.15) is 0 Å². The highest BCUT2D eigenvalue weighted by Crippen LogP contribution is 2.22. The molecular formula is C17H22ClN5O. The van der Waals surface area contributed by atoms with Crippen molar-refractivity contribution in [1.29, 1.82) is 0 Å². The Morgan fingerprint density at radius 2 is 1.96 bits per heavy atom. The molecule has 3 rings (SSSR count). The first-order chi connectivity index (χ1) is 11.6. The van der Waals surface area contributed by atoms with Crippen LogP contribution in [0, 0.1) is 0 Å². The molecule has 7 heteroatoms. The van der Waals surface area contributed by atoms with E-state index in [9.17, 15) is 4.79 Å². The molecule has 0 bridgehead atoms. The zero-order valence-corrected chi connectivity index (χ0v) is 15.0. The molecule has 0 fully saturated rings. The van der Waals surface area contributed by atoms with Crippen molar-refractivity contribution in [3.05, 3.63) is 46.0 Å². The number of hydrogen-bond acceptors (Lipinski definition) is 3.